The van der Waals surface area contributed by atoms with Crippen LogP contribution < -0.4 is 10.9 Å². The Kier molecular flexibility index (Phi) is 5.84. The minimum absolute atomic E-state index is 0.141. The fourth-order valence-corrected chi connectivity index (χ4v) is 4.68. The zero-order valence-corrected chi connectivity index (χ0v) is 17.5. The van der Waals surface area contributed by atoms with Crippen LogP contribution in [0.3, 0.4) is 0 Å². The molecule has 0 saturated heterocycles. The maximum Gasteiger partial charge on any atom is 0.260 e. The van der Waals surface area contributed by atoms with Crippen LogP contribution in [0.25, 0.3) is 21.3 Å². The van der Waals surface area contributed by atoms with Crippen molar-refractivity contribution in [1.29, 1.82) is 0 Å². The van der Waals surface area contributed by atoms with Gasteiger partial charge in [-0.05, 0) is 36.8 Å². The van der Waals surface area contributed by atoms with Gasteiger partial charge in [0.2, 0.25) is 5.91 Å². The third-order valence-corrected chi connectivity index (χ3v) is 6.28. The largest absolute Gasteiger partial charge is 0.323 e. The summed E-state index contributed by atoms with van der Waals surface area (Å²) in [5, 5.41) is 4.05. The van der Waals surface area contributed by atoms with Gasteiger partial charge in [-0.15, -0.1) is 11.3 Å². The third-order valence-electron chi connectivity index (χ3n) is 4.42. The highest BCUT2D eigenvalue weighted by Crippen LogP contribution is 2.32. The summed E-state index contributed by atoms with van der Waals surface area (Å²) in [6, 6.07) is 8.65. The number of rotatable bonds is 5. The average molecular weight is 461 g/mol. The molecular formula is C21H14F3N3O2S2. The Labute approximate surface area is 182 Å². The van der Waals surface area contributed by atoms with Crippen molar-refractivity contribution in [3.05, 3.63) is 75.7 Å². The predicted octanol–water partition coefficient (Wildman–Crippen LogP) is 5.19. The number of nitrogens with one attached hydrogen (secondary N) is 2. The molecule has 1 amide bonds. The van der Waals surface area contributed by atoms with Crippen molar-refractivity contribution >= 4 is 44.9 Å². The van der Waals surface area contributed by atoms with Crippen LogP contribution in [0.15, 0.2) is 57.8 Å². The summed E-state index contributed by atoms with van der Waals surface area (Å²) in [7, 11) is 0. The molecule has 158 valence electrons. The zero-order chi connectivity index (χ0) is 22.1. The monoisotopic (exact) mass is 461 g/mol. The Morgan fingerprint density at radius 3 is 2.55 bits per heavy atom. The molecule has 0 radical (unpaired) electrons. The smallest absolute Gasteiger partial charge is 0.260 e. The summed E-state index contributed by atoms with van der Waals surface area (Å²) in [5.74, 6) is -2.53. The highest BCUT2D eigenvalue weighted by atomic mass is 32.2. The molecule has 2 N–H and O–H groups in total. The van der Waals surface area contributed by atoms with E-state index in [2.05, 4.69) is 15.3 Å². The number of aromatic amines is 1. The molecule has 0 aliphatic carbocycles. The van der Waals surface area contributed by atoms with E-state index in [4.69, 9.17) is 0 Å². The minimum atomic E-state index is -0.884. The number of nitrogens with zero attached hydrogens (tertiary/aromatic N) is 1. The topological polar surface area (TPSA) is 74.8 Å². The summed E-state index contributed by atoms with van der Waals surface area (Å²) < 4.78 is 39.9. The van der Waals surface area contributed by atoms with Gasteiger partial charge in [0.05, 0.1) is 16.3 Å². The molecule has 2 heterocycles. The van der Waals surface area contributed by atoms with Crippen molar-refractivity contribution in [2.24, 2.45) is 0 Å². The molecule has 0 aliphatic rings. The zero-order valence-electron chi connectivity index (χ0n) is 15.9. The number of fused-ring (bicyclic) bond motifs is 1. The molecular weight excluding hydrogens is 447 g/mol. The fourth-order valence-electron chi connectivity index (χ4n) is 2.87. The number of hydrogen-bond donors (Lipinski definition) is 2. The standard InChI is InChI=1S/C21H14F3N3O2S2/c1-10(18(28)25-16-7-6-13(23)8-15(16)24)31-21-26-19(29)17-14(9-30-20(17)27-21)11-2-4-12(22)5-3-11/h2-10H,1H3,(H,25,28)(H,26,27,29). The lowest BCUT2D eigenvalue weighted by Crippen LogP contribution is -2.23. The van der Waals surface area contributed by atoms with Crippen molar-refractivity contribution in [3.63, 3.8) is 0 Å². The Morgan fingerprint density at radius 2 is 1.84 bits per heavy atom. The van der Waals surface area contributed by atoms with Gasteiger partial charge in [0.1, 0.15) is 22.3 Å². The first-order valence-electron chi connectivity index (χ1n) is 9.02. The van der Waals surface area contributed by atoms with E-state index in [1.807, 2.05) is 0 Å². The van der Waals surface area contributed by atoms with Gasteiger partial charge in [-0.3, -0.25) is 9.59 Å². The van der Waals surface area contributed by atoms with Gasteiger partial charge in [0.15, 0.2) is 5.16 Å². The SMILES string of the molecule is CC(Sc1nc2scc(-c3ccc(F)cc3)c2c(=O)[nH]1)C(=O)Nc1ccc(F)cc1F. The van der Waals surface area contributed by atoms with E-state index >= 15 is 0 Å². The van der Waals surface area contributed by atoms with Crippen LogP contribution in [0.2, 0.25) is 0 Å². The summed E-state index contributed by atoms with van der Waals surface area (Å²) >= 11 is 2.26. The molecule has 2 aromatic carbocycles. The van der Waals surface area contributed by atoms with Gasteiger partial charge in [0, 0.05) is 17.0 Å². The van der Waals surface area contributed by atoms with Crippen LogP contribution >= 0.6 is 23.1 Å². The minimum Gasteiger partial charge on any atom is -0.323 e. The molecule has 10 heteroatoms. The van der Waals surface area contributed by atoms with E-state index in [9.17, 15) is 22.8 Å². The molecule has 2 aromatic heterocycles. The van der Waals surface area contributed by atoms with Crippen LogP contribution in [0.4, 0.5) is 18.9 Å². The lowest BCUT2D eigenvalue weighted by Gasteiger charge is -2.12. The quantitative estimate of drug-likeness (QED) is 0.317. The molecule has 0 fully saturated rings. The van der Waals surface area contributed by atoms with E-state index in [1.165, 1.54) is 23.5 Å². The lowest BCUT2D eigenvalue weighted by molar-refractivity contribution is -0.115. The molecule has 0 aliphatic heterocycles. The van der Waals surface area contributed by atoms with Crippen molar-refractivity contribution in [2.75, 3.05) is 5.32 Å². The molecule has 1 unspecified atom stereocenters. The Hall–Kier alpha value is -3.11. The van der Waals surface area contributed by atoms with Gasteiger partial charge < -0.3 is 10.3 Å². The van der Waals surface area contributed by atoms with Crippen molar-refractivity contribution < 1.29 is 18.0 Å². The molecule has 0 spiro atoms. The number of amides is 1. The van der Waals surface area contributed by atoms with Crippen LogP contribution in [0.5, 0.6) is 0 Å². The maximum atomic E-state index is 13.8. The molecule has 31 heavy (non-hydrogen) atoms. The average Bonchev–Trinajstić information content (AvgIpc) is 3.15. The molecule has 0 bridgehead atoms. The van der Waals surface area contributed by atoms with Crippen LogP contribution in [0, 0.1) is 17.5 Å². The predicted molar refractivity (Wildman–Crippen MR) is 116 cm³/mol. The van der Waals surface area contributed by atoms with Crippen molar-refractivity contribution in [1.82, 2.24) is 9.97 Å². The van der Waals surface area contributed by atoms with Gasteiger partial charge in [-0.25, -0.2) is 18.2 Å². The number of thiophene rings is 1. The Morgan fingerprint density at radius 1 is 1.13 bits per heavy atom. The highest BCUT2D eigenvalue weighted by molar-refractivity contribution is 8.00. The van der Waals surface area contributed by atoms with Gasteiger partial charge in [0.25, 0.3) is 5.56 Å². The first kappa shape index (κ1) is 21.1. The number of halogens is 3. The van der Waals surface area contributed by atoms with E-state index in [0.717, 1.165) is 23.9 Å². The normalized spacial score (nSPS) is 12.1. The van der Waals surface area contributed by atoms with E-state index in [0.29, 0.717) is 27.4 Å². The number of thioether (sulfide) groups is 1. The second-order valence-electron chi connectivity index (χ2n) is 6.58. The van der Waals surface area contributed by atoms with Gasteiger partial charge in [-0.1, -0.05) is 23.9 Å². The number of hydrogen-bond acceptors (Lipinski definition) is 5. The number of anilines is 1. The maximum absolute atomic E-state index is 13.8. The molecule has 4 rings (SSSR count). The third kappa shape index (κ3) is 4.49. The molecule has 1 atom stereocenters. The van der Waals surface area contributed by atoms with E-state index in [-0.39, 0.29) is 22.2 Å². The van der Waals surface area contributed by atoms with E-state index < -0.39 is 22.8 Å². The first-order chi connectivity index (χ1) is 14.8. The van der Waals surface area contributed by atoms with Crippen molar-refractivity contribution in [3.8, 4) is 11.1 Å². The highest BCUT2D eigenvalue weighted by Gasteiger charge is 2.19. The summed E-state index contributed by atoms with van der Waals surface area (Å²) in [4.78, 5) is 32.6. The number of carbonyl (C=O) groups excluding carboxylic acids is 1. The van der Waals surface area contributed by atoms with Crippen molar-refractivity contribution in [2.45, 2.75) is 17.3 Å². The van der Waals surface area contributed by atoms with Crippen LogP contribution in [0.1, 0.15) is 6.92 Å². The van der Waals surface area contributed by atoms with Crippen LogP contribution in [-0.2, 0) is 4.79 Å². The van der Waals surface area contributed by atoms with Gasteiger partial charge in [-0.2, -0.15) is 0 Å². The summed E-state index contributed by atoms with van der Waals surface area (Å²) in [6.45, 7) is 1.57. The molecule has 4 aromatic rings. The lowest BCUT2D eigenvalue weighted by atomic mass is 10.1. The first-order valence-corrected chi connectivity index (χ1v) is 10.8. The molecule has 0 saturated carbocycles. The summed E-state index contributed by atoms with van der Waals surface area (Å²) in [6.07, 6.45) is 0. The van der Waals surface area contributed by atoms with Gasteiger partial charge >= 0.3 is 0 Å². The van der Waals surface area contributed by atoms with Crippen LogP contribution in [-0.4, -0.2) is 21.1 Å². The fraction of sp³-hybridized carbons (Fsp3) is 0.0952. The number of H-pyrrole nitrogens is 1. The Balaban J connectivity index is 1.55. The summed E-state index contributed by atoms with van der Waals surface area (Å²) in [5.41, 5.74) is 0.806. The number of benzene rings is 2. The second-order valence-corrected chi connectivity index (χ2v) is 8.77. The number of carbonyl (C=O) groups is 1. The Bertz CT molecular complexity index is 1340. The van der Waals surface area contributed by atoms with E-state index in [1.54, 1.807) is 24.4 Å². The number of aromatic nitrogens is 2. The molecule has 5 nitrogen and oxygen atoms in total. The second kappa shape index (κ2) is 8.56.